The Hall–Kier alpha value is -2.41. The normalized spacial score (nSPS) is 16.0. The van der Waals surface area contributed by atoms with Crippen molar-refractivity contribution in [2.24, 2.45) is 0 Å². The van der Waals surface area contributed by atoms with Crippen LogP contribution in [-0.4, -0.2) is 42.4 Å². The number of likely N-dealkylation sites (N-methyl/N-ethyl adjacent to an activating group) is 1. The molecule has 0 bridgehead atoms. The fourth-order valence-corrected chi connectivity index (χ4v) is 3.67. The molecule has 2 aromatic rings. The van der Waals surface area contributed by atoms with Gasteiger partial charge in [-0.15, -0.1) is 0 Å². The van der Waals surface area contributed by atoms with E-state index in [0.717, 1.165) is 38.1 Å². The Morgan fingerprint density at radius 2 is 1.69 bits per heavy atom. The first-order chi connectivity index (χ1) is 13.8. The number of likely N-dealkylation sites (tertiary alicyclic amines) is 1. The monoisotopic (exact) mass is 408 g/mol. The number of amides is 1. The fourth-order valence-electron chi connectivity index (χ4n) is 3.67. The smallest absolute Gasteiger partial charge is 0.337 e. The first-order valence-corrected chi connectivity index (χ1v) is 9.64. The largest absolute Gasteiger partial charge is 0.416 e. The van der Waals surface area contributed by atoms with Crippen molar-refractivity contribution in [2.75, 3.05) is 26.7 Å². The first-order valence-electron chi connectivity index (χ1n) is 9.64. The van der Waals surface area contributed by atoms with E-state index < -0.39 is 17.8 Å². The molecule has 2 aromatic carbocycles. The van der Waals surface area contributed by atoms with Gasteiger partial charge in [0.25, 0.3) is 0 Å². The van der Waals surface area contributed by atoms with Gasteiger partial charge in [-0.05, 0) is 49.7 Å². The Kier molecular flexibility index (Phi) is 6.57. The summed E-state index contributed by atoms with van der Waals surface area (Å²) in [5.74, 6) is -0.636. The molecule has 0 saturated carbocycles. The van der Waals surface area contributed by atoms with E-state index in [1.54, 1.807) is 25.2 Å². The maximum absolute atomic E-state index is 14.5. The van der Waals surface area contributed by atoms with Gasteiger partial charge in [-0.2, -0.15) is 13.2 Å². The Balaban J connectivity index is 1.76. The third-order valence-corrected chi connectivity index (χ3v) is 5.39. The highest BCUT2D eigenvalue weighted by Crippen LogP contribution is 2.30. The molecule has 0 radical (unpaired) electrons. The number of carbonyl (C=O) groups excluding carboxylic acids is 1. The fraction of sp³-hybridized carbons (Fsp3) is 0.409. The lowest BCUT2D eigenvalue weighted by Crippen LogP contribution is -2.39. The van der Waals surface area contributed by atoms with Gasteiger partial charge in [0.15, 0.2) is 0 Å². The van der Waals surface area contributed by atoms with Crippen LogP contribution in [-0.2, 0) is 17.4 Å². The molecular formula is C22H24F4N2O. The number of rotatable bonds is 6. The predicted octanol–water partition coefficient (Wildman–Crippen LogP) is 4.68. The number of carbonyl (C=O) groups is 1. The minimum Gasteiger partial charge on any atom is -0.337 e. The average Bonchev–Trinajstić information content (AvgIpc) is 3.19. The lowest BCUT2D eigenvalue weighted by molar-refractivity contribution is -0.137. The molecule has 3 nitrogen and oxygen atoms in total. The van der Waals surface area contributed by atoms with Gasteiger partial charge in [0, 0.05) is 19.2 Å². The van der Waals surface area contributed by atoms with Gasteiger partial charge in [-0.1, -0.05) is 30.3 Å². The highest BCUT2D eigenvalue weighted by atomic mass is 19.4. The average molecular weight is 408 g/mol. The van der Waals surface area contributed by atoms with Crippen molar-refractivity contribution in [1.29, 1.82) is 0 Å². The van der Waals surface area contributed by atoms with Crippen LogP contribution in [0.3, 0.4) is 0 Å². The highest BCUT2D eigenvalue weighted by Gasteiger charge is 2.30. The molecule has 1 saturated heterocycles. The molecule has 1 atom stereocenters. The summed E-state index contributed by atoms with van der Waals surface area (Å²) in [4.78, 5) is 16.6. The number of hydrogen-bond acceptors (Lipinski definition) is 2. The SMILES string of the molecule is CN(C(=O)Cc1ccc(C(F)(F)F)cc1)C(CN1CCCC1)c1ccccc1F. The van der Waals surface area contributed by atoms with Gasteiger partial charge in [-0.3, -0.25) is 4.79 Å². The lowest BCUT2D eigenvalue weighted by atomic mass is 10.0. The van der Waals surface area contributed by atoms with Crippen LogP contribution in [0, 0.1) is 5.82 Å². The molecule has 0 aliphatic carbocycles. The second kappa shape index (κ2) is 8.95. The van der Waals surface area contributed by atoms with Crippen LogP contribution in [0.2, 0.25) is 0 Å². The zero-order valence-corrected chi connectivity index (χ0v) is 16.3. The van der Waals surface area contributed by atoms with Crippen LogP contribution >= 0.6 is 0 Å². The molecule has 156 valence electrons. The van der Waals surface area contributed by atoms with Crippen molar-refractivity contribution in [3.8, 4) is 0 Å². The topological polar surface area (TPSA) is 23.6 Å². The third-order valence-electron chi connectivity index (χ3n) is 5.39. The molecular weight excluding hydrogens is 384 g/mol. The van der Waals surface area contributed by atoms with Crippen molar-refractivity contribution in [1.82, 2.24) is 9.80 Å². The molecule has 1 aliphatic heterocycles. The highest BCUT2D eigenvalue weighted by molar-refractivity contribution is 5.79. The summed E-state index contributed by atoms with van der Waals surface area (Å²) >= 11 is 0. The van der Waals surface area contributed by atoms with Crippen LogP contribution in [0.4, 0.5) is 17.6 Å². The summed E-state index contributed by atoms with van der Waals surface area (Å²) in [5, 5.41) is 0. The quantitative estimate of drug-likeness (QED) is 0.648. The maximum atomic E-state index is 14.5. The molecule has 1 heterocycles. The van der Waals surface area contributed by atoms with Crippen molar-refractivity contribution in [3.05, 3.63) is 71.0 Å². The summed E-state index contributed by atoms with van der Waals surface area (Å²) < 4.78 is 52.6. The second-order valence-corrected chi connectivity index (χ2v) is 7.42. The molecule has 1 aliphatic rings. The summed E-state index contributed by atoms with van der Waals surface area (Å²) in [6, 6.07) is 10.5. The zero-order valence-electron chi connectivity index (χ0n) is 16.3. The van der Waals surface area contributed by atoms with E-state index in [1.807, 2.05) is 0 Å². The number of nitrogens with zero attached hydrogens (tertiary/aromatic N) is 2. The molecule has 1 amide bonds. The minimum atomic E-state index is -4.41. The third kappa shape index (κ3) is 5.35. The molecule has 7 heteroatoms. The molecule has 0 spiro atoms. The van der Waals surface area contributed by atoms with Gasteiger partial charge in [0.05, 0.1) is 18.0 Å². The Morgan fingerprint density at radius 1 is 1.07 bits per heavy atom. The predicted molar refractivity (Wildman–Crippen MR) is 103 cm³/mol. The lowest BCUT2D eigenvalue weighted by Gasteiger charge is -2.32. The van der Waals surface area contributed by atoms with E-state index in [9.17, 15) is 22.4 Å². The van der Waals surface area contributed by atoms with E-state index in [-0.39, 0.29) is 18.1 Å². The Morgan fingerprint density at radius 3 is 2.28 bits per heavy atom. The second-order valence-electron chi connectivity index (χ2n) is 7.42. The number of halogens is 4. The molecule has 3 rings (SSSR count). The molecule has 0 aromatic heterocycles. The van der Waals surface area contributed by atoms with E-state index in [2.05, 4.69) is 4.90 Å². The molecule has 29 heavy (non-hydrogen) atoms. The maximum Gasteiger partial charge on any atom is 0.416 e. The van der Waals surface area contributed by atoms with Crippen molar-refractivity contribution >= 4 is 5.91 Å². The zero-order chi connectivity index (χ0) is 21.0. The number of benzene rings is 2. The summed E-state index contributed by atoms with van der Waals surface area (Å²) in [6.45, 7) is 2.34. The van der Waals surface area contributed by atoms with E-state index in [4.69, 9.17) is 0 Å². The molecule has 0 N–H and O–H groups in total. The summed E-state index contributed by atoms with van der Waals surface area (Å²) in [7, 11) is 1.62. The Bertz CT molecular complexity index is 829. The first kappa shape index (κ1) is 21.3. The van der Waals surface area contributed by atoms with E-state index >= 15 is 0 Å². The molecule has 1 unspecified atom stereocenters. The van der Waals surface area contributed by atoms with Crippen molar-refractivity contribution in [3.63, 3.8) is 0 Å². The van der Waals surface area contributed by atoms with E-state index in [1.165, 1.54) is 23.1 Å². The minimum absolute atomic E-state index is 0.0421. The number of alkyl halides is 3. The van der Waals surface area contributed by atoms with Gasteiger partial charge in [0.1, 0.15) is 5.82 Å². The van der Waals surface area contributed by atoms with Crippen LogP contribution in [0.1, 0.15) is 35.6 Å². The summed E-state index contributed by atoms with van der Waals surface area (Å²) in [5.41, 5.74) is 0.186. The van der Waals surface area contributed by atoms with Gasteiger partial charge in [-0.25, -0.2) is 4.39 Å². The Labute approximate surface area is 167 Å². The van der Waals surface area contributed by atoms with Gasteiger partial charge >= 0.3 is 6.18 Å². The van der Waals surface area contributed by atoms with Gasteiger partial charge in [0.2, 0.25) is 5.91 Å². The van der Waals surface area contributed by atoms with Crippen molar-refractivity contribution < 1.29 is 22.4 Å². The van der Waals surface area contributed by atoms with E-state index in [0.29, 0.717) is 17.7 Å². The van der Waals surface area contributed by atoms with Crippen LogP contribution in [0.15, 0.2) is 48.5 Å². The van der Waals surface area contributed by atoms with Crippen LogP contribution in [0.5, 0.6) is 0 Å². The van der Waals surface area contributed by atoms with Crippen LogP contribution < -0.4 is 0 Å². The van der Waals surface area contributed by atoms with Crippen molar-refractivity contribution in [2.45, 2.75) is 31.5 Å². The molecule has 1 fully saturated rings. The number of hydrogen-bond donors (Lipinski definition) is 0. The standard InChI is InChI=1S/C22H24F4N2O/c1-27(21(29)14-16-8-10-17(11-9-16)22(24,25)26)20(15-28-12-4-5-13-28)18-6-2-3-7-19(18)23/h2-3,6-11,20H,4-5,12-15H2,1H3. The van der Waals surface area contributed by atoms with Crippen LogP contribution in [0.25, 0.3) is 0 Å². The summed E-state index contributed by atoms with van der Waals surface area (Å²) in [6.07, 6.45) is -2.30. The van der Waals surface area contributed by atoms with Gasteiger partial charge < -0.3 is 9.80 Å².